The molecule has 3 nitrogen and oxygen atoms in total. The van der Waals surface area contributed by atoms with E-state index in [-0.39, 0.29) is 18.0 Å². The second-order valence-corrected chi connectivity index (χ2v) is 4.27. The molecular formula is C12H12F3NO2. The first-order chi connectivity index (χ1) is 8.38. The maximum atomic E-state index is 12.3. The summed E-state index contributed by atoms with van der Waals surface area (Å²) in [6.45, 7) is 0.668. The van der Waals surface area contributed by atoms with Gasteiger partial charge in [0, 0.05) is 18.7 Å². The minimum atomic E-state index is -4.40. The number of halogens is 3. The van der Waals surface area contributed by atoms with Crippen LogP contribution in [0, 0.1) is 0 Å². The van der Waals surface area contributed by atoms with Gasteiger partial charge in [-0.25, -0.2) is 0 Å². The Hall–Kier alpha value is -1.56. The zero-order valence-electron chi connectivity index (χ0n) is 9.44. The zero-order chi connectivity index (χ0) is 13.3. The number of aliphatic hydroxyl groups is 1. The summed E-state index contributed by atoms with van der Waals surface area (Å²) in [5.74, 6) is -0.347. The lowest BCUT2D eigenvalue weighted by Gasteiger charge is -2.15. The molecular weight excluding hydrogens is 247 g/mol. The number of benzene rings is 1. The molecule has 1 saturated heterocycles. The molecule has 0 bridgehead atoms. The quantitative estimate of drug-likeness (QED) is 0.837. The number of hydrogen-bond acceptors (Lipinski definition) is 2. The summed E-state index contributed by atoms with van der Waals surface area (Å²) >= 11 is 0. The number of amides is 1. The third kappa shape index (κ3) is 2.64. The monoisotopic (exact) mass is 259 g/mol. The predicted molar refractivity (Wildman–Crippen MR) is 58.0 cm³/mol. The van der Waals surface area contributed by atoms with E-state index in [1.165, 1.54) is 4.90 Å². The Labute approximate surface area is 102 Å². The fourth-order valence-electron chi connectivity index (χ4n) is 1.91. The molecule has 18 heavy (non-hydrogen) atoms. The highest BCUT2D eigenvalue weighted by molar-refractivity contribution is 5.94. The van der Waals surface area contributed by atoms with Crippen molar-refractivity contribution in [2.24, 2.45) is 0 Å². The molecule has 98 valence electrons. The van der Waals surface area contributed by atoms with Gasteiger partial charge in [-0.3, -0.25) is 4.79 Å². The van der Waals surface area contributed by atoms with Gasteiger partial charge in [0.1, 0.15) is 0 Å². The topological polar surface area (TPSA) is 40.5 Å². The van der Waals surface area contributed by atoms with Gasteiger partial charge in [-0.2, -0.15) is 13.2 Å². The molecule has 2 rings (SSSR count). The molecule has 1 aromatic carbocycles. The van der Waals surface area contributed by atoms with Gasteiger partial charge in [0.25, 0.3) is 5.91 Å². The number of likely N-dealkylation sites (tertiary alicyclic amines) is 1. The molecule has 1 heterocycles. The Kier molecular flexibility index (Phi) is 3.30. The van der Waals surface area contributed by atoms with Gasteiger partial charge in [-0.15, -0.1) is 0 Å². The number of rotatable bonds is 1. The second-order valence-electron chi connectivity index (χ2n) is 4.27. The maximum absolute atomic E-state index is 12.3. The number of alkyl halides is 3. The molecule has 0 aromatic heterocycles. The van der Waals surface area contributed by atoms with Crippen molar-refractivity contribution in [2.75, 3.05) is 13.1 Å². The van der Waals surface area contributed by atoms with E-state index in [2.05, 4.69) is 0 Å². The molecule has 0 saturated carbocycles. The van der Waals surface area contributed by atoms with Crippen molar-refractivity contribution in [3.05, 3.63) is 35.4 Å². The van der Waals surface area contributed by atoms with Crippen molar-refractivity contribution in [2.45, 2.75) is 18.7 Å². The average molecular weight is 259 g/mol. The molecule has 1 aliphatic heterocycles. The van der Waals surface area contributed by atoms with Gasteiger partial charge in [-0.05, 0) is 30.7 Å². The van der Waals surface area contributed by atoms with Gasteiger partial charge >= 0.3 is 6.18 Å². The van der Waals surface area contributed by atoms with Crippen LogP contribution in [0.4, 0.5) is 13.2 Å². The summed E-state index contributed by atoms with van der Waals surface area (Å²) in [6, 6.07) is 4.10. The van der Waals surface area contributed by atoms with Crippen LogP contribution >= 0.6 is 0 Å². The molecule has 1 aromatic rings. The van der Waals surface area contributed by atoms with E-state index in [0.29, 0.717) is 13.0 Å². The first-order valence-corrected chi connectivity index (χ1v) is 5.52. The van der Waals surface area contributed by atoms with E-state index in [0.717, 1.165) is 24.3 Å². The van der Waals surface area contributed by atoms with Crippen LogP contribution in [0.15, 0.2) is 24.3 Å². The molecule has 0 unspecified atom stereocenters. The number of nitrogens with zero attached hydrogens (tertiary/aromatic N) is 1. The molecule has 1 amide bonds. The third-order valence-electron chi connectivity index (χ3n) is 2.91. The number of carbonyl (C=O) groups excluding carboxylic acids is 1. The molecule has 0 spiro atoms. The van der Waals surface area contributed by atoms with E-state index in [1.54, 1.807) is 0 Å². The normalized spacial score (nSPS) is 20.2. The summed E-state index contributed by atoms with van der Waals surface area (Å²) in [5, 5.41) is 9.30. The number of aliphatic hydroxyl groups excluding tert-OH is 1. The van der Waals surface area contributed by atoms with E-state index in [9.17, 15) is 23.1 Å². The molecule has 6 heteroatoms. The van der Waals surface area contributed by atoms with Gasteiger partial charge in [0.2, 0.25) is 0 Å². The van der Waals surface area contributed by atoms with Crippen molar-refractivity contribution in [3.8, 4) is 0 Å². The molecule has 1 aliphatic rings. The van der Waals surface area contributed by atoms with Gasteiger partial charge < -0.3 is 10.0 Å². The first kappa shape index (κ1) is 12.9. The van der Waals surface area contributed by atoms with E-state index < -0.39 is 17.8 Å². The summed E-state index contributed by atoms with van der Waals surface area (Å²) < 4.78 is 37.0. The molecule has 1 N–H and O–H groups in total. The van der Waals surface area contributed by atoms with Crippen molar-refractivity contribution < 1.29 is 23.1 Å². The average Bonchev–Trinajstić information content (AvgIpc) is 2.74. The van der Waals surface area contributed by atoms with Crippen LogP contribution < -0.4 is 0 Å². The molecule has 0 aliphatic carbocycles. The van der Waals surface area contributed by atoms with E-state index >= 15 is 0 Å². The molecule has 1 atom stereocenters. The minimum absolute atomic E-state index is 0.206. The Morgan fingerprint density at radius 2 is 1.89 bits per heavy atom. The highest BCUT2D eigenvalue weighted by Crippen LogP contribution is 2.29. The number of β-amino-alcohol motifs (C(OH)–C–C–N with tert-alkyl or cyclic N) is 1. The van der Waals surface area contributed by atoms with Crippen molar-refractivity contribution >= 4 is 5.91 Å². The zero-order valence-corrected chi connectivity index (χ0v) is 9.44. The van der Waals surface area contributed by atoms with Crippen LogP contribution in [-0.2, 0) is 6.18 Å². The molecule has 1 fully saturated rings. The van der Waals surface area contributed by atoms with Crippen molar-refractivity contribution in [1.29, 1.82) is 0 Å². The minimum Gasteiger partial charge on any atom is -0.391 e. The van der Waals surface area contributed by atoms with Crippen LogP contribution in [0.25, 0.3) is 0 Å². The predicted octanol–water partition coefficient (Wildman–Crippen LogP) is 1.91. The summed E-state index contributed by atoms with van der Waals surface area (Å²) in [4.78, 5) is 13.3. The fourth-order valence-corrected chi connectivity index (χ4v) is 1.91. The standard InChI is InChI=1S/C12H12F3NO2/c13-12(14,15)9-3-1-8(2-4-9)11(18)16-6-5-10(17)7-16/h1-4,10,17H,5-7H2/t10-/m1/s1. The van der Waals surface area contributed by atoms with E-state index in [4.69, 9.17) is 0 Å². The summed E-state index contributed by atoms with van der Waals surface area (Å²) in [6.07, 6.45) is -4.43. The van der Waals surface area contributed by atoms with Crippen LogP contribution in [0.3, 0.4) is 0 Å². The first-order valence-electron chi connectivity index (χ1n) is 5.52. The lowest BCUT2D eigenvalue weighted by molar-refractivity contribution is -0.137. The Morgan fingerprint density at radius 1 is 1.28 bits per heavy atom. The largest absolute Gasteiger partial charge is 0.416 e. The summed E-state index contributed by atoms with van der Waals surface area (Å²) in [7, 11) is 0. The maximum Gasteiger partial charge on any atom is 0.416 e. The van der Waals surface area contributed by atoms with Gasteiger partial charge in [-0.1, -0.05) is 0 Å². The van der Waals surface area contributed by atoms with Crippen LogP contribution in [0.5, 0.6) is 0 Å². The third-order valence-corrected chi connectivity index (χ3v) is 2.91. The van der Waals surface area contributed by atoms with Crippen molar-refractivity contribution in [3.63, 3.8) is 0 Å². The second kappa shape index (κ2) is 4.61. The number of carbonyl (C=O) groups is 1. The highest BCUT2D eigenvalue weighted by Gasteiger charge is 2.31. The van der Waals surface area contributed by atoms with Gasteiger partial charge in [0.05, 0.1) is 11.7 Å². The lowest BCUT2D eigenvalue weighted by atomic mass is 10.1. The van der Waals surface area contributed by atoms with Crippen LogP contribution in [0.1, 0.15) is 22.3 Å². The SMILES string of the molecule is O=C(c1ccc(C(F)(F)F)cc1)N1CC[C@@H](O)C1. The summed E-state index contributed by atoms with van der Waals surface area (Å²) in [5.41, 5.74) is -0.572. The van der Waals surface area contributed by atoms with Crippen LogP contribution in [-0.4, -0.2) is 35.1 Å². The Bertz CT molecular complexity index is 442. The smallest absolute Gasteiger partial charge is 0.391 e. The lowest BCUT2D eigenvalue weighted by Crippen LogP contribution is -2.29. The Morgan fingerprint density at radius 3 is 2.33 bits per heavy atom. The Balaban J connectivity index is 2.12. The van der Waals surface area contributed by atoms with E-state index in [1.807, 2.05) is 0 Å². The molecule has 0 radical (unpaired) electrons. The van der Waals surface area contributed by atoms with Gasteiger partial charge in [0.15, 0.2) is 0 Å². The fraction of sp³-hybridized carbons (Fsp3) is 0.417. The van der Waals surface area contributed by atoms with Crippen LogP contribution in [0.2, 0.25) is 0 Å². The number of hydrogen-bond donors (Lipinski definition) is 1. The highest BCUT2D eigenvalue weighted by atomic mass is 19.4. The van der Waals surface area contributed by atoms with Crippen molar-refractivity contribution in [1.82, 2.24) is 4.90 Å².